The summed E-state index contributed by atoms with van der Waals surface area (Å²) in [6.07, 6.45) is 6.29. The van der Waals surface area contributed by atoms with Crippen LogP contribution in [0.4, 0.5) is 0 Å². The van der Waals surface area contributed by atoms with E-state index in [9.17, 15) is 4.79 Å². The lowest BCUT2D eigenvalue weighted by Crippen LogP contribution is -1.92. The summed E-state index contributed by atoms with van der Waals surface area (Å²) in [5, 5.41) is 0. The first-order chi connectivity index (χ1) is 4.31. The molecule has 0 aromatic rings. The number of allylic oxidation sites excluding steroid dienone is 2. The Labute approximate surface area is 56.8 Å². The first-order valence-corrected chi connectivity index (χ1v) is 3.44. The molecule has 0 fully saturated rings. The second-order valence-corrected chi connectivity index (χ2v) is 2.00. The Kier molecular flexibility index (Phi) is 5.18. The highest BCUT2D eigenvalue weighted by Gasteiger charge is 1.92. The van der Waals surface area contributed by atoms with E-state index >= 15 is 0 Å². The van der Waals surface area contributed by atoms with Crippen LogP contribution in [0.3, 0.4) is 0 Å². The van der Waals surface area contributed by atoms with Gasteiger partial charge < -0.3 is 0 Å². The van der Waals surface area contributed by atoms with E-state index in [0.717, 1.165) is 6.42 Å². The molecule has 0 bridgehead atoms. The maximum Gasteiger partial charge on any atom is 0.132 e. The Morgan fingerprint density at radius 3 is 2.67 bits per heavy atom. The van der Waals surface area contributed by atoms with Crippen molar-refractivity contribution >= 4 is 5.78 Å². The molecule has 0 saturated heterocycles. The van der Waals surface area contributed by atoms with Gasteiger partial charge in [0, 0.05) is 12.8 Å². The summed E-state index contributed by atoms with van der Waals surface area (Å²) < 4.78 is 0. The molecular formula is C8H14O. The highest BCUT2D eigenvalue weighted by Crippen LogP contribution is 1.94. The van der Waals surface area contributed by atoms with Crippen LogP contribution >= 0.6 is 0 Å². The Bertz CT molecular complexity index is 103. The van der Waals surface area contributed by atoms with E-state index < -0.39 is 0 Å². The fraction of sp³-hybridized carbons (Fsp3) is 0.625. The minimum absolute atomic E-state index is 0.355. The smallest absolute Gasteiger partial charge is 0.132 e. The molecule has 0 heterocycles. The molecule has 0 spiro atoms. The lowest BCUT2D eigenvalue weighted by atomic mass is 10.2. The predicted molar refractivity (Wildman–Crippen MR) is 39.3 cm³/mol. The monoisotopic (exact) mass is 126 g/mol. The second-order valence-electron chi connectivity index (χ2n) is 2.00. The van der Waals surface area contributed by atoms with Gasteiger partial charge in [0.25, 0.3) is 0 Å². The van der Waals surface area contributed by atoms with Gasteiger partial charge in [-0.2, -0.15) is 0 Å². The second kappa shape index (κ2) is 5.54. The van der Waals surface area contributed by atoms with Crippen molar-refractivity contribution in [3.8, 4) is 0 Å². The molecule has 1 nitrogen and oxygen atoms in total. The van der Waals surface area contributed by atoms with Crippen molar-refractivity contribution in [2.24, 2.45) is 0 Å². The van der Waals surface area contributed by atoms with E-state index in [1.54, 1.807) is 0 Å². The van der Waals surface area contributed by atoms with Crippen molar-refractivity contribution in [3.05, 3.63) is 12.2 Å². The van der Waals surface area contributed by atoms with Crippen LogP contribution in [0.25, 0.3) is 0 Å². The Morgan fingerprint density at radius 2 is 2.22 bits per heavy atom. The lowest BCUT2D eigenvalue weighted by Gasteiger charge is -1.89. The summed E-state index contributed by atoms with van der Waals surface area (Å²) in [7, 11) is 0. The van der Waals surface area contributed by atoms with Crippen molar-refractivity contribution < 1.29 is 4.79 Å². The van der Waals surface area contributed by atoms with Gasteiger partial charge in [-0.15, -0.1) is 0 Å². The van der Waals surface area contributed by atoms with Crippen molar-refractivity contribution in [1.29, 1.82) is 0 Å². The molecule has 0 rings (SSSR count). The quantitative estimate of drug-likeness (QED) is 0.528. The zero-order valence-electron chi connectivity index (χ0n) is 6.18. The molecule has 0 aliphatic carbocycles. The highest BCUT2D eigenvalue weighted by molar-refractivity contribution is 5.78. The van der Waals surface area contributed by atoms with Gasteiger partial charge in [-0.1, -0.05) is 19.1 Å². The first-order valence-electron chi connectivity index (χ1n) is 3.44. The summed E-state index contributed by atoms with van der Waals surface area (Å²) in [6.45, 7) is 3.87. The zero-order chi connectivity index (χ0) is 7.11. The molecule has 0 aliphatic rings. The van der Waals surface area contributed by atoms with Crippen molar-refractivity contribution in [2.45, 2.75) is 33.1 Å². The standard InChI is InChI=1S/C8H14O/c1-3-5-6-7-8(9)4-2/h3,5H,4,6-7H2,1-2H3. The molecular weight excluding hydrogens is 112 g/mol. The molecule has 0 unspecified atom stereocenters. The minimum Gasteiger partial charge on any atom is -0.300 e. The third-order valence-corrected chi connectivity index (χ3v) is 1.22. The van der Waals surface area contributed by atoms with E-state index in [1.807, 2.05) is 26.0 Å². The van der Waals surface area contributed by atoms with Gasteiger partial charge in [0.15, 0.2) is 0 Å². The molecule has 0 N–H and O–H groups in total. The highest BCUT2D eigenvalue weighted by atomic mass is 16.1. The number of hydrogen-bond donors (Lipinski definition) is 0. The summed E-state index contributed by atoms with van der Waals surface area (Å²) in [5.74, 6) is 0.355. The number of carbonyl (C=O) groups is 1. The van der Waals surface area contributed by atoms with Gasteiger partial charge in [-0.3, -0.25) is 4.79 Å². The van der Waals surface area contributed by atoms with Crippen LogP contribution in [-0.4, -0.2) is 5.78 Å². The first kappa shape index (κ1) is 8.41. The molecule has 52 valence electrons. The van der Waals surface area contributed by atoms with E-state index in [2.05, 4.69) is 0 Å². The van der Waals surface area contributed by atoms with Gasteiger partial charge >= 0.3 is 0 Å². The SMILES string of the molecule is CC=CCCC(=O)CC. The Hall–Kier alpha value is -0.590. The van der Waals surface area contributed by atoms with E-state index in [0.29, 0.717) is 18.6 Å². The number of carbonyl (C=O) groups excluding carboxylic acids is 1. The number of ketones is 1. The maximum absolute atomic E-state index is 10.7. The van der Waals surface area contributed by atoms with Crippen LogP contribution < -0.4 is 0 Å². The number of rotatable bonds is 4. The summed E-state index contributed by atoms with van der Waals surface area (Å²) in [4.78, 5) is 10.7. The van der Waals surface area contributed by atoms with Gasteiger partial charge in [0.1, 0.15) is 5.78 Å². The Morgan fingerprint density at radius 1 is 1.56 bits per heavy atom. The molecule has 9 heavy (non-hydrogen) atoms. The van der Waals surface area contributed by atoms with Gasteiger partial charge in [0.2, 0.25) is 0 Å². The fourth-order valence-corrected chi connectivity index (χ4v) is 0.588. The van der Waals surface area contributed by atoms with Gasteiger partial charge in [0.05, 0.1) is 0 Å². The van der Waals surface area contributed by atoms with Crippen LogP contribution in [0, 0.1) is 0 Å². The lowest BCUT2D eigenvalue weighted by molar-refractivity contribution is -0.118. The van der Waals surface area contributed by atoms with Gasteiger partial charge in [-0.25, -0.2) is 0 Å². The molecule has 0 amide bonds. The van der Waals surface area contributed by atoms with Crippen LogP contribution in [-0.2, 0) is 4.79 Å². The normalized spacial score (nSPS) is 10.4. The Balaban J connectivity index is 3.17. The molecule has 0 aromatic heterocycles. The van der Waals surface area contributed by atoms with Gasteiger partial charge in [-0.05, 0) is 13.3 Å². The van der Waals surface area contributed by atoms with Crippen LogP contribution in [0.15, 0.2) is 12.2 Å². The van der Waals surface area contributed by atoms with E-state index in [4.69, 9.17) is 0 Å². The van der Waals surface area contributed by atoms with E-state index in [1.165, 1.54) is 0 Å². The zero-order valence-corrected chi connectivity index (χ0v) is 6.18. The predicted octanol–water partition coefficient (Wildman–Crippen LogP) is 2.32. The largest absolute Gasteiger partial charge is 0.300 e. The van der Waals surface area contributed by atoms with Crippen LogP contribution in [0.1, 0.15) is 33.1 Å². The molecule has 0 saturated carbocycles. The van der Waals surface area contributed by atoms with E-state index in [-0.39, 0.29) is 0 Å². The fourth-order valence-electron chi connectivity index (χ4n) is 0.588. The third-order valence-electron chi connectivity index (χ3n) is 1.22. The molecule has 0 aromatic carbocycles. The summed E-state index contributed by atoms with van der Waals surface area (Å²) in [5.41, 5.74) is 0. The average Bonchev–Trinajstić information content (AvgIpc) is 1.89. The van der Waals surface area contributed by atoms with Crippen molar-refractivity contribution in [3.63, 3.8) is 0 Å². The van der Waals surface area contributed by atoms with Crippen molar-refractivity contribution in [2.75, 3.05) is 0 Å². The molecule has 0 aliphatic heterocycles. The number of Topliss-reactive ketones (excluding diaryl/α,β-unsaturated/α-hetero) is 1. The maximum atomic E-state index is 10.7. The van der Waals surface area contributed by atoms with Crippen molar-refractivity contribution in [1.82, 2.24) is 0 Å². The number of hydrogen-bond acceptors (Lipinski definition) is 1. The molecule has 1 heteroatoms. The average molecular weight is 126 g/mol. The summed E-state index contributed by atoms with van der Waals surface area (Å²) >= 11 is 0. The molecule has 0 radical (unpaired) electrons. The third kappa shape index (κ3) is 5.28. The topological polar surface area (TPSA) is 17.1 Å². The summed E-state index contributed by atoms with van der Waals surface area (Å²) in [6, 6.07) is 0. The van der Waals surface area contributed by atoms with Crippen LogP contribution in [0.2, 0.25) is 0 Å². The molecule has 0 atom stereocenters. The van der Waals surface area contributed by atoms with Crippen LogP contribution in [0.5, 0.6) is 0 Å². The minimum atomic E-state index is 0.355.